The molecule has 0 atom stereocenters. The second kappa shape index (κ2) is 12.0. The van der Waals surface area contributed by atoms with Crippen molar-refractivity contribution in [3.05, 3.63) is 83.6 Å². The van der Waals surface area contributed by atoms with Crippen molar-refractivity contribution in [2.24, 2.45) is 0 Å². The lowest BCUT2D eigenvalue weighted by atomic mass is 10.1. The maximum absolute atomic E-state index is 13.2. The van der Waals surface area contributed by atoms with Crippen LogP contribution in [-0.2, 0) is 0 Å². The summed E-state index contributed by atoms with van der Waals surface area (Å²) in [6, 6.07) is 15.2. The molecule has 38 heavy (non-hydrogen) atoms. The number of benzene rings is 2. The van der Waals surface area contributed by atoms with E-state index in [1.165, 1.54) is 0 Å². The molecule has 198 valence electrons. The van der Waals surface area contributed by atoms with Gasteiger partial charge in [0.25, 0.3) is 5.91 Å². The molecule has 0 radical (unpaired) electrons. The number of anilines is 4. The van der Waals surface area contributed by atoms with Crippen molar-refractivity contribution in [1.29, 1.82) is 0 Å². The summed E-state index contributed by atoms with van der Waals surface area (Å²) in [4.78, 5) is 36.3. The lowest BCUT2D eigenvalue weighted by Crippen LogP contribution is -2.48. The number of aromatic nitrogens is 1. The Balaban J connectivity index is 1.54. The van der Waals surface area contributed by atoms with Gasteiger partial charge in [0.05, 0.1) is 5.69 Å². The van der Waals surface area contributed by atoms with Crippen LogP contribution in [0.2, 0.25) is 0 Å². The van der Waals surface area contributed by atoms with Crippen LogP contribution in [0.15, 0.2) is 61.3 Å². The normalized spacial score (nSPS) is 13.7. The number of nitrogens with one attached hydrogen (secondary N) is 1. The summed E-state index contributed by atoms with van der Waals surface area (Å²) in [6.45, 7) is 14.1. The first-order valence-electron chi connectivity index (χ1n) is 13.2. The molecule has 1 saturated heterocycles. The van der Waals surface area contributed by atoms with Gasteiger partial charge in [-0.15, -0.1) is 0 Å². The summed E-state index contributed by atoms with van der Waals surface area (Å²) in [5, 5.41) is 3.39. The Morgan fingerprint density at radius 3 is 2.50 bits per heavy atom. The molecule has 1 aromatic heterocycles. The lowest BCUT2D eigenvalue weighted by Gasteiger charge is -2.34. The van der Waals surface area contributed by atoms with Crippen LogP contribution in [-0.4, -0.2) is 66.2 Å². The zero-order valence-electron chi connectivity index (χ0n) is 22.8. The average molecular weight is 512 g/mol. The SMILES string of the molecule is C=Cc1cc(C(=O)N2CCN(CCC)CC2)ccc1Nc1cc(N(C)c2ccccc2C(C)=O)c(C)cn1. The summed E-state index contributed by atoms with van der Waals surface area (Å²) in [5.74, 6) is 0.731. The number of nitrogens with zero attached hydrogens (tertiary/aromatic N) is 4. The zero-order valence-corrected chi connectivity index (χ0v) is 22.8. The van der Waals surface area contributed by atoms with E-state index in [1.807, 2.05) is 78.5 Å². The van der Waals surface area contributed by atoms with E-state index in [1.54, 1.807) is 13.0 Å². The van der Waals surface area contributed by atoms with Gasteiger partial charge in [-0.05, 0) is 68.3 Å². The van der Waals surface area contributed by atoms with Gasteiger partial charge in [-0.3, -0.25) is 14.5 Å². The van der Waals surface area contributed by atoms with Gasteiger partial charge in [0, 0.05) is 68.0 Å². The fourth-order valence-corrected chi connectivity index (χ4v) is 4.93. The minimum absolute atomic E-state index is 0.0191. The highest BCUT2D eigenvalue weighted by molar-refractivity contribution is 6.00. The fourth-order valence-electron chi connectivity index (χ4n) is 4.93. The highest BCUT2D eigenvalue weighted by Crippen LogP contribution is 2.32. The number of hydrogen-bond acceptors (Lipinski definition) is 6. The molecule has 7 heteroatoms. The summed E-state index contributed by atoms with van der Waals surface area (Å²) >= 11 is 0. The second-order valence-corrected chi connectivity index (χ2v) is 9.75. The Hall–Kier alpha value is -3.97. The molecule has 0 unspecified atom stereocenters. The molecule has 0 saturated carbocycles. The fraction of sp³-hybridized carbons (Fsp3) is 0.323. The average Bonchev–Trinajstić information content (AvgIpc) is 2.94. The molecule has 0 spiro atoms. The summed E-state index contributed by atoms with van der Waals surface area (Å²) in [5.41, 5.74) is 5.74. The van der Waals surface area contributed by atoms with Crippen LogP contribution in [0.3, 0.4) is 0 Å². The molecule has 1 N–H and O–H groups in total. The minimum Gasteiger partial charge on any atom is -0.344 e. The van der Waals surface area contributed by atoms with E-state index in [0.717, 1.165) is 67.3 Å². The van der Waals surface area contributed by atoms with E-state index in [0.29, 0.717) is 16.9 Å². The molecule has 1 aliphatic heterocycles. The van der Waals surface area contributed by atoms with Crippen molar-refractivity contribution >= 4 is 40.6 Å². The van der Waals surface area contributed by atoms with Gasteiger partial charge in [0.15, 0.2) is 5.78 Å². The van der Waals surface area contributed by atoms with E-state index in [2.05, 4.69) is 28.7 Å². The monoisotopic (exact) mass is 511 g/mol. The number of piperazine rings is 1. The molecule has 2 aromatic carbocycles. The van der Waals surface area contributed by atoms with Gasteiger partial charge in [-0.25, -0.2) is 4.98 Å². The molecular weight excluding hydrogens is 474 g/mol. The Morgan fingerprint density at radius 2 is 1.82 bits per heavy atom. The molecule has 3 aromatic rings. The first kappa shape index (κ1) is 27.1. The van der Waals surface area contributed by atoms with Crippen LogP contribution >= 0.6 is 0 Å². The van der Waals surface area contributed by atoms with E-state index in [-0.39, 0.29) is 11.7 Å². The van der Waals surface area contributed by atoms with Crippen LogP contribution in [0.25, 0.3) is 6.08 Å². The third kappa shape index (κ3) is 5.94. The van der Waals surface area contributed by atoms with Crippen LogP contribution < -0.4 is 10.2 Å². The molecular formula is C31H37N5O2. The number of amides is 1. The Kier molecular flexibility index (Phi) is 8.59. The maximum atomic E-state index is 13.2. The van der Waals surface area contributed by atoms with Gasteiger partial charge >= 0.3 is 0 Å². The second-order valence-electron chi connectivity index (χ2n) is 9.75. The smallest absolute Gasteiger partial charge is 0.253 e. The summed E-state index contributed by atoms with van der Waals surface area (Å²) in [7, 11) is 1.95. The van der Waals surface area contributed by atoms with Gasteiger partial charge in [-0.1, -0.05) is 31.7 Å². The molecule has 1 fully saturated rings. The summed E-state index contributed by atoms with van der Waals surface area (Å²) < 4.78 is 0. The van der Waals surface area contributed by atoms with Gasteiger partial charge < -0.3 is 15.1 Å². The van der Waals surface area contributed by atoms with Crippen LogP contribution in [0.5, 0.6) is 0 Å². The molecule has 1 amide bonds. The molecule has 0 aliphatic carbocycles. The molecule has 2 heterocycles. The van der Waals surface area contributed by atoms with Crippen LogP contribution in [0.1, 0.15) is 52.1 Å². The van der Waals surface area contributed by atoms with Crippen LogP contribution in [0, 0.1) is 6.92 Å². The number of aryl methyl sites for hydroxylation is 1. The number of carbonyl (C=O) groups is 2. The number of rotatable bonds is 9. The van der Waals surface area contributed by atoms with Gasteiger partial charge in [0.2, 0.25) is 0 Å². The third-order valence-electron chi connectivity index (χ3n) is 7.06. The van der Waals surface area contributed by atoms with Crippen molar-refractivity contribution in [3.63, 3.8) is 0 Å². The van der Waals surface area contributed by atoms with Gasteiger partial charge in [0.1, 0.15) is 5.82 Å². The van der Waals surface area contributed by atoms with Crippen molar-refractivity contribution < 1.29 is 9.59 Å². The highest BCUT2D eigenvalue weighted by atomic mass is 16.2. The predicted molar refractivity (Wildman–Crippen MR) is 156 cm³/mol. The van der Waals surface area contributed by atoms with E-state index in [4.69, 9.17) is 0 Å². The number of para-hydroxylation sites is 1. The zero-order chi connectivity index (χ0) is 27.2. The first-order valence-corrected chi connectivity index (χ1v) is 13.2. The van der Waals surface area contributed by atoms with Crippen LogP contribution in [0.4, 0.5) is 22.9 Å². The van der Waals surface area contributed by atoms with Crippen molar-refractivity contribution in [2.75, 3.05) is 50.0 Å². The standard InChI is InChI=1S/C31H37N5O2/c1-6-14-35-15-17-36(18-16-35)31(38)25-12-13-27(24(7-2)19-25)33-30-20-29(22(3)21-32-30)34(5)28-11-9-8-10-26(28)23(4)37/h7-13,19-21H,2,6,14-18H2,1,3-5H3,(H,32,33). The molecule has 7 nitrogen and oxygen atoms in total. The quantitative estimate of drug-likeness (QED) is 0.360. The van der Waals surface area contributed by atoms with Gasteiger partial charge in [-0.2, -0.15) is 0 Å². The maximum Gasteiger partial charge on any atom is 0.253 e. The third-order valence-corrected chi connectivity index (χ3v) is 7.06. The number of Topliss-reactive ketones (excluding diaryl/α,β-unsaturated/α-hetero) is 1. The van der Waals surface area contributed by atoms with E-state index in [9.17, 15) is 9.59 Å². The van der Waals surface area contributed by atoms with Crippen molar-refractivity contribution in [1.82, 2.24) is 14.8 Å². The predicted octanol–water partition coefficient (Wildman–Crippen LogP) is 5.91. The Labute approximate surface area is 225 Å². The highest BCUT2D eigenvalue weighted by Gasteiger charge is 2.22. The number of pyridine rings is 1. The molecule has 4 rings (SSSR count). The number of hydrogen-bond donors (Lipinski definition) is 1. The summed E-state index contributed by atoms with van der Waals surface area (Å²) in [6.07, 6.45) is 4.70. The van der Waals surface area contributed by atoms with Crippen molar-refractivity contribution in [3.8, 4) is 0 Å². The molecule has 1 aliphatic rings. The topological polar surface area (TPSA) is 68.8 Å². The largest absolute Gasteiger partial charge is 0.344 e. The number of ketones is 1. The Morgan fingerprint density at radius 1 is 1.08 bits per heavy atom. The molecule has 0 bridgehead atoms. The van der Waals surface area contributed by atoms with E-state index < -0.39 is 0 Å². The first-order chi connectivity index (χ1) is 18.3. The number of carbonyl (C=O) groups excluding carboxylic acids is 2. The van der Waals surface area contributed by atoms with Crippen molar-refractivity contribution in [2.45, 2.75) is 27.2 Å². The van der Waals surface area contributed by atoms with E-state index >= 15 is 0 Å². The Bertz CT molecular complexity index is 1330. The minimum atomic E-state index is 0.0191. The lowest BCUT2D eigenvalue weighted by molar-refractivity contribution is 0.0637.